The lowest BCUT2D eigenvalue weighted by Gasteiger charge is -2.02. The lowest BCUT2D eigenvalue weighted by molar-refractivity contribution is -0.126. The van der Waals surface area contributed by atoms with E-state index in [1.807, 2.05) is 0 Å². The molecule has 0 aliphatic carbocycles. The fourth-order valence-corrected chi connectivity index (χ4v) is 0.216. The van der Waals surface area contributed by atoms with Crippen molar-refractivity contribution in [2.75, 3.05) is 14.1 Å². The Labute approximate surface area is 79.6 Å². The predicted octanol–water partition coefficient (Wildman–Crippen LogP) is 0.751. The molecular formula is C9H18N2O2. The van der Waals surface area contributed by atoms with Crippen molar-refractivity contribution < 1.29 is 9.59 Å². The van der Waals surface area contributed by atoms with Gasteiger partial charge in [-0.2, -0.15) is 0 Å². The van der Waals surface area contributed by atoms with Crippen molar-refractivity contribution in [3.8, 4) is 0 Å². The van der Waals surface area contributed by atoms with Crippen molar-refractivity contribution in [3.63, 3.8) is 0 Å². The fraction of sp³-hybridized carbons (Fsp3) is 0.556. The molecule has 4 nitrogen and oxygen atoms in total. The zero-order valence-electron chi connectivity index (χ0n) is 8.76. The zero-order valence-corrected chi connectivity index (χ0v) is 8.76. The van der Waals surface area contributed by atoms with E-state index in [1.165, 1.54) is 18.0 Å². The van der Waals surface area contributed by atoms with Gasteiger partial charge in [0, 0.05) is 27.4 Å². The first-order valence-electron chi connectivity index (χ1n) is 4.03. The molecule has 0 fully saturated rings. The molecule has 2 amide bonds. The van der Waals surface area contributed by atoms with Crippen LogP contribution in [0.4, 0.5) is 0 Å². The van der Waals surface area contributed by atoms with E-state index < -0.39 is 0 Å². The molecule has 0 rings (SSSR count). The van der Waals surface area contributed by atoms with Crippen molar-refractivity contribution in [1.29, 1.82) is 0 Å². The Morgan fingerprint density at radius 2 is 1.85 bits per heavy atom. The maximum Gasteiger partial charge on any atom is 0.223 e. The molecule has 0 aliphatic heterocycles. The predicted molar refractivity (Wildman–Crippen MR) is 53.0 cm³/mol. The Balaban J connectivity index is 0. The van der Waals surface area contributed by atoms with Crippen molar-refractivity contribution in [1.82, 2.24) is 10.2 Å². The minimum Gasteiger partial charge on any atom is -0.349 e. The monoisotopic (exact) mass is 186 g/mol. The van der Waals surface area contributed by atoms with E-state index >= 15 is 0 Å². The van der Waals surface area contributed by atoms with Gasteiger partial charge in [0.05, 0.1) is 0 Å². The molecule has 0 aromatic heterocycles. The Hall–Kier alpha value is -1.32. The van der Waals surface area contributed by atoms with Gasteiger partial charge in [-0.25, -0.2) is 0 Å². The SMILES string of the molecule is C=CNC(=O)CC.CC(=O)N(C)C. The van der Waals surface area contributed by atoms with E-state index in [0.29, 0.717) is 6.42 Å². The molecule has 0 aromatic carbocycles. The summed E-state index contributed by atoms with van der Waals surface area (Å²) in [4.78, 5) is 21.8. The second kappa shape index (κ2) is 8.77. The minimum absolute atomic E-state index is 0.00926. The van der Waals surface area contributed by atoms with Gasteiger partial charge in [-0.3, -0.25) is 9.59 Å². The molecule has 1 N–H and O–H groups in total. The highest BCUT2D eigenvalue weighted by molar-refractivity contribution is 5.76. The van der Waals surface area contributed by atoms with Gasteiger partial charge < -0.3 is 10.2 Å². The maximum absolute atomic E-state index is 10.2. The summed E-state index contributed by atoms with van der Waals surface area (Å²) in [7, 11) is 3.45. The molecule has 0 spiro atoms. The van der Waals surface area contributed by atoms with Crippen LogP contribution in [-0.4, -0.2) is 30.8 Å². The third kappa shape index (κ3) is 13.6. The maximum atomic E-state index is 10.2. The Morgan fingerprint density at radius 3 is 1.92 bits per heavy atom. The number of nitrogens with zero attached hydrogens (tertiary/aromatic N) is 1. The average molecular weight is 186 g/mol. The molecule has 0 saturated heterocycles. The van der Waals surface area contributed by atoms with E-state index in [4.69, 9.17) is 0 Å². The smallest absolute Gasteiger partial charge is 0.223 e. The van der Waals surface area contributed by atoms with E-state index in [-0.39, 0.29) is 11.8 Å². The summed E-state index contributed by atoms with van der Waals surface area (Å²) in [5.41, 5.74) is 0. The number of nitrogens with one attached hydrogen (secondary N) is 1. The van der Waals surface area contributed by atoms with Gasteiger partial charge in [-0.05, 0) is 6.20 Å². The summed E-state index contributed by atoms with van der Waals surface area (Å²) < 4.78 is 0. The van der Waals surface area contributed by atoms with Crippen LogP contribution in [0.25, 0.3) is 0 Å². The van der Waals surface area contributed by atoms with E-state index in [2.05, 4.69) is 11.9 Å². The molecule has 0 atom stereocenters. The van der Waals surface area contributed by atoms with Crippen LogP contribution in [0.5, 0.6) is 0 Å². The Morgan fingerprint density at radius 1 is 1.46 bits per heavy atom. The summed E-state index contributed by atoms with van der Waals surface area (Å²) in [5.74, 6) is 0.102. The summed E-state index contributed by atoms with van der Waals surface area (Å²) in [6, 6.07) is 0. The van der Waals surface area contributed by atoms with Gasteiger partial charge in [0.25, 0.3) is 0 Å². The number of carbonyl (C=O) groups is 2. The van der Waals surface area contributed by atoms with Crippen LogP contribution < -0.4 is 5.32 Å². The number of amides is 2. The highest BCUT2D eigenvalue weighted by Gasteiger charge is 1.87. The van der Waals surface area contributed by atoms with Crippen LogP contribution in [0.3, 0.4) is 0 Å². The first kappa shape index (κ1) is 14.2. The van der Waals surface area contributed by atoms with Crippen LogP contribution in [0.15, 0.2) is 12.8 Å². The van der Waals surface area contributed by atoms with Crippen molar-refractivity contribution >= 4 is 11.8 Å². The highest BCUT2D eigenvalue weighted by atomic mass is 16.2. The van der Waals surface area contributed by atoms with Crippen LogP contribution in [0.1, 0.15) is 20.3 Å². The van der Waals surface area contributed by atoms with Gasteiger partial charge in [0.15, 0.2) is 0 Å². The topological polar surface area (TPSA) is 49.4 Å². The first-order valence-corrected chi connectivity index (χ1v) is 4.03. The lowest BCUT2D eigenvalue weighted by Crippen LogP contribution is -2.17. The molecule has 0 aliphatic rings. The Bertz CT molecular complexity index is 176. The van der Waals surface area contributed by atoms with Crippen LogP contribution >= 0.6 is 0 Å². The third-order valence-corrected chi connectivity index (χ3v) is 1.21. The second-order valence-electron chi connectivity index (χ2n) is 2.54. The largest absolute Gasteiger partial charge is 0.349 e. The zero-order chi connectivity index (χ0) is 10.9. The molecule has 0 aromatic rings. The Kier molecular flexibility index (Phi) is 9.60. The molecule has 0 radical (unpaired) electrons. The molecular weight excluding hydrogens is 168 g/mol. The minimum atomic E-state index is 0.00926. The van der Waals surface area contributed by atoms with Crippen molar-refractivity contribution in [2.45, 2.75) is 20.3 Å². The summed E-state index contributed by atoms with van der Waals surface area (Å²) in [6.07, 6.45) is 1.90. The average Bonchev–Trinajstić information content (AvgIpc) is 2.05. The van der Waals surface area contributed by atoms with Gasteiger partial charge in [0.2, 0.25) is 11.8 Å². The quantitative estimate of drug-likeness (QED) is 0.692. The molecule has 76 valence electrons. The van der Waals surface area contributed by atoms with E-state index in [0.717, 1.165) is 0 Å². The van der Waals surface area contributed by atoms with Gasteiger partial charge in [0.1, 0.15) is 0 Å². The van der Waals surface area contributed by atoms with Crippen LogP contribution in [-0.2, 0) is 9.59 Å². The van der Waals surface area contributed by atoms with Crippen LogP contribution in [0.2, 0.25) is 0 Å². The van der Waals surface area contributed by atoms with Gasteiger partial charge in [-0.1, -0.05) is 13.5 Å². The third-order valence-electron chi connectivity index (χ3n) is 1.21. The van der Waals surface area contributed by atoms with E-state index in [1.54, 1.807) is 21.0 Å². The summed E-state index contributed by atoms with van der Waals surface area (Å²) >= 11 is 0. The summed E-state index contributed by atoms with van der Waals surface area (Å²) in [5, 5.41) is 2.42. The van der Waals surface area contributed by atoms with Crippen molar-refractivity contribution in [3.05, 3.63) is 12.8 Å². The normalized spacial score (nSPS) is 7.69. The standard InChI is InChI=1S/C5H9NO.C4H9NO/c1-3-5(7)6-4-2;1-4(6)5(2)3/h4H,2-3H2,1H3,(H,6,7);1-3H3. The lowest BCUT2D eigenvalue weighted by atomic mass is 10.5. The number of hydrogen-bond acceptors (Lipinski definition) is 2. The molecule has 0 saturated carbocycles. The number of hydrogen-bond donors (Lipinski definition) is 1. The molecule has 4 heteroatoms. The van der Waals surface area contributed by atoms with Gasteiger partial charge >= 0.3 is 0 Å². The number of rotatable bonds is 2. The van der Waals surface area contributed by atoms with E-state index in [9.17, 15) is 9.59 Å². The summed E-state index contributed by atoms with van der Waals surface area (Å²) in [6.45, 7) is 6.63. The number of carbonyl (C=O) groups excluding carboxylic acids is 2. The fourth-order valence-electron chi connectivity index (χ4n) is 0.216. The van der Waals surface area contributed by atoms with Gasteiger partial charge in [-0.15, -0.1) is 0 Å². The molecule has 0 unspecified atom stereocenters. The van der Waals surface area contributed by atoms with Crippen LogP contribution in [0, 0.1) is 0 Å². The van der Waals surface area contributed by atoms with Crippen molar-refractivity contribution in [2.24, 2.45) is 0 Å². The molecule has 0 heterocycles. The second-order valence-corrected chi connectivity index (χ2v) is 2.54. The molecule has 13 heavy (non-hydrogen) atoms. The molecule has 0 bridgehead atoms. The first-order chi connectivity index (χ1) is 5.95. The highest BCUT2D eigenvalue weighted by Crippen LogP contribution is 1.71.